The van der Waals surface area contributed by atoms with Gasteiger partial charge in [-0.05, 0) is 30.3 Å². The molecule has 21 heavy (non-hydrogen) atoms. The molecule has 2 aromatic carbocycles. The third-order valence-electron chi connectivity index (χ3n) is 2.25. The first-order valence-electron chi connectivity index (χ1n) is 5.44. The lowest BCUT2D eigenvalue weighted by molar-refractivity contribution is 0.474. The summed E-state index contributed by atoms with van der Waals surface area (Å²) in [5, 5.41) is 18.6. The third kappa shape index (κ3) is 5.63. The molecule has 8 heteroatoms. The van der Waals surface area contributed by atoms with Gasteiger partial charge in [0.2, 0.25) is 0 Å². The summed E-state index contributed by atoms with van der Waals surface area (Å²) in [5.41, 5.74) is 0. The summed E-state index contributed by atoms with van der Waals surface area (Å²) in [4.78, 5) is 0.218. The minimum Gasteiger partial charge on any atom is -0.508 e. The minimum absolute atomic E-state index is 0.0592. The second kappa shape index (κ2) is 7.22. The van der Waals surface area contributed by atoms with Gasteiger partial charge in [-0.2, -0.15) is 0 Å². The van der Waals surface area contributed by atoms with Gasteiger partial charge in [0.15, 0.2) is 9.84 Å². The van der Waals surface area contributed by atoms with Gasteiger partial charge in [-0.25, -0.2) is 8.42 Å². The van der Waals surface area contributed by atoms with E-state index in [1.54, 1.807) is 0 Å². The van der Waals surface area contributed by atoms with Crippen molar-refractivity contribution in [2.75, 3.05) is 6.26 Å². The molecule has 0 radical (unpaired) electrons. The number of hydrogen-bond donors (Lipinski definition) is 2. The summed E-state index contributed by atoms with van der Waals surface area (Å²) < 4.78 is 21.7. The van der Waals surface area contributed by atoms with Gasteiger partial charge in [0.25, 0.3) is 0 Å². The number of phenols is 2. The zero-order chi connectivity index (χ0) is 16.2. The molecule has 2 N–H and O–H groups in total. The van der Waals surface area contributed by atoms with E-state index in [-0.39, 0.29) is 21.4 Å². The van der Waals surface area contributed by atoms with Crippen LogP contribution in [0, 0.1) is 0 Å². The second-order valence-electron chi connectivity index (χ2n) is 3.98. The molecule has 0 saturated carbocycles. The van der Waals surface area contributed by atoms with Crippen molar-refractivity contribution in [3.8, 4) is 11.5 Å². The molecule has 0 heterocycles. The molecule has 0 aliphatic rings. The Labute approximate surface area is 137 Å². The van der Waals surface area contributed by atoms with Crippen molar-refractivity contribution >= 4 is 44.6 Å². The fourth-order valence-corrected chi connectivity index (χ4v) is 2.38. The van der Waals surface area contributed by atoms with E-state index in [0.29, 0.717) is 10.0 Å². The van der Waals surface area contributed by atoms with Crippen molar-refractivity contribution in [2.45, 2.75) is 4.90 Å². The lowest BCUT2D eigenvalue weighted by atomic mass is 10.3. The number of halogens is 3. The summed E-state index contributed by atoms with van der Waals surface area (Å²) in [6.45, 7) is 0. The highest BCUT2D eigenvalue weighted by molar-refractivity contribution is 7.90. The molecule has 0 atom stereocenters. The van der Waals surface area contributed by atoms with Crippen LogP contribution in [0.1, 0.15) is 0 Å². The van der Waals surface area contributed by atoms with Crippen LogP contribution < -0.4 is 0 Å². The summed E-state index contributed by atoms with van der Waals surface area (Å²) in [6, 6.07) is 8.11. The number of hydrogen-bond acceptors (Lipinski definition) is 4. The van der Waals surface area contributed by atoms with E-state index >= 15 is 0 Å². The fourth-order valence-electron chi connectivity index (χ4n) is 1.21. The molecule has 0 aliphatic heterocycles. The molecule has 2 aromatic rings. The summed E-state index contributed by atoms with van der Waals surface area (Å²) in [6.07, 6.45) is 1.12. The summed E-state index contributed by atoms with van der Waals surface area (Å²) in [5.74, 6) is 0.00784. The van der Waals surface area contributed by atoms with Gasteiger partial charge in [0.05, 0.1) is 20.0 Å². The average molecular weight is 370 g/mol. The lowest BCUT2D eigenvalue weighted by Gasteiger charge is -1.97. The first-order valence-corrected chi connectivity index (χ1v) is 8.46. The van der Waals surface area contributed by atoms with Crippen LogP contribution in [0.3, 0.4) is 0 Å². The average Bonchev–Trinajstić information content (AvgIpc) is 2.37. The van der Waals surface area contributed by atoms with E-state index in [9.17, 15) is 8.42 Å². The van der Waals surface area contributed by atoms with Gasteiger partial charge in [0, 0.05) is 12.3 Å². The third-order valence-corrected chi connectivity index (χ3v) is 4.41. The second-order valence-corrected chi connectivity index (χ2v) is 7.22. The summed E-state index contributed by atoms with van der Waals surface area (Å²) in [7, 11) is -3.13. The lowest BCUT2D eigenvalue weighted by Crippen LogP contribution is -1.95. The van der Waals surface area contributed by atoms with E-state index in [4.69, 9.17) is 45.0 Å². The normalized spacial score (nSPS) is 10.7. The predicted molar refractivity (Wildman–Crippen MR) is 84.4 cm³/mol. The van der Waals surface area contributed by atoms with E-state index in [0.717, 1.165) is 6.26 Å². The van der Waals surface area contributed by atoms with Crippen LogP contribution in [0.5, 0.6) is 11.5 Å². The molecule has 0 fully saturated rings. The molecule has 0 spiro atoms. The highest BCUT2D eigenvalue weighted by Gasteiger charge is 2.05. The van der Waals surface area contributed by atoms with Gasteiger partial charge in [-0.15, -0.1) is 0 Å². The van der Waals surface area contributed by atoms with Gasteiger partial charge < -0.3 is 10.2 Å². The van der Waals surface area contributed by atoms with Crippen LogP contribution in [0.4, 0.5) is 0 Å². The van der Waals surface area contributed by atoms with Gasteiger partial charge >= 0.3 is 0 Å². The molecule has 0 aromatic heterocycles. The maximum atomic E-state index is 10.9. The van der Waals surface area contributed by atoms with Crippen molar-refractivity contribution in [3.63, 3.8) is 0 Å². The van der Waals surface area contributed by atoms with Crippen LogP contribution in [-0.4, -0.2) is 24.9 Å². The maximum absolute atomic E-state index is 10.9. The molecule has 0 aliphatic carbocycles. The Morgan fingerprint density at radius 1 is 0.857 bits per heavy atom. The van der Waals surface area contributed by atoms with Crippen molar-refractivity contribution in [3.05, 3.63) is 51.5 Å². The largest absolute Gasteiger partial charge is 0.508 e. The minimum atomic E-state index is -3.13. The Hall–Kier alpha value is -1.14. The van der Waals surface area contributed by atoms with Crippen molar-refractivity contribution in [2.24, 2.45) is 0 Å². The molecule has 0 bridgehead atoms. The number of phenolic OH excluding ortho intramolecular Hbond substituents is 2. The number of aromatic hydroxyl groups is 2. The number of benzene rings is 2. The standard InChI is InChI=1S/C7H8O3S.C6H3Cl3O/c1-11(9,10)7-4-2-6(8)3-5-7;7-3-1-5(9)6(10)2-4(3)8/h2-5,8H,1H3;1-2,10H. The Kier molecular flexibility index (Phi) is 6.16. The molecular weight excluding hydrogens is 359 g/mol. The van der Waals surface area contributed by atoms with Gasteiger partial charge in [-0.3, -0.25) is 0 Å². The van der Waals surface area contributed by atoms with Crippen LogP contribution in [0.25, 0.3) is 0 Å². The quantitative estimate of drug-likeness (QED) is 0.741. The SMILES string of the molecule is CS(=O)(=O)c1ccc(O)cc1.Oc1cc(Cl)c(Cl)cc1Cl. The molecular formula is C13H11Cl3O4S. The van der Waals surface area contributed by atoms with Crippen molar-refractivity contribution in [1.82, 2.24) is 0 Å². The van der Waals surface area contributed by atoms with Crippen LogP contribution in [0.2, 0.25) is 15.1 Å². The molecule has 0 amide bonds. The zero-order valence-electron chi connectivity index (χ0n) is 10.7. The Bertz CT molecular complexity index is 678. The van der Waals surface area contributed by atoms with Crippen molar-refractivity contribution < 1.29 is 18.6 Å². The molecule has 0 saturated heterocycles. The number of rotatable bonds is 1. The van der Waals surface area contributed by atoms with E-state index in [1.165, 1.54) is 36.4 Å². The first kappa shape index (κ1) is 17.9. The highest BCUT2D eigenvalue weighted by Crippen LogP contribution is 2.32. The first-order chi connectivity index (χ1) is 9.61. The van der Waals surface area contributed by atoms with Gasteiger partial charge in [0.1, 0.15) is 11.5 Å². The molecule has 2 rings (SSSR count). The highest BCUT2D eigenvalue weighted by atomic mass is 35.5. The summed E-state index contributed by atoms with van der Waals surface area (Å²) >= 11 is 16.6. The fraction of sp³-hybridized carbons (Fsp3) is 0.0769. The van der Waals surface area contributed by atoms with Crippen LogP contribution in [0.15, 0.2) is 41.3 Å². The van der Waals surface area contributed by atoms with E-state index in [1.807, 2.05) is 0 Å². The van der Waals surface area contributed by atoms with Crippen molar-refractivity contribution in [1.29, 1.82) is 0 Å². The smallest absolute Gasteiger partial charge is 0.175 e. The van der Waals surface area contributed by atoms with E-state index in [2.05, 4.69) is 0 Å². The topological polar surface area (TPSA) is 74.6 Å². The number of sulfone groups is 1. The Morgan fingerprint density at radius 2 is 1.33 bits per heavy atom. The van der Waals surface area contributed by atoms with Gasteiger partial charge in [-0.1, -0.05) is 34.8 Å². The van der Waals surface area contributed by atoms with Crippen LogP contribution in [-0.2, 0) is 9.84 Å². The Morgan fingerprint density at radius 3 is 1.76 bits per heavy atom. The predicted octanol–water partition coefficient (Wildman–Crippen LogP) is 4.15. The zero-order valence-corrected chi connectivity index (χ0v) is 13.8. The molecule has 4 nitrogen and oxygen atoms in total. The Balaban J connectivity index is 0.000000211. The monoisotopic (exact) mass is 368 g/mol. The van der Waals surface area contributed by atoms with Crippen LogP contribution >= 0.6 is 34.8 Å². The molecule has 0 unspecified atom stereocenters. The maximum Gasteiger partial charge on any atom is 0.175 e. The molecule has 114 valence electrons. The van der Waals surface area contributed by atoms with E-state index < -0.39 is 9.84 Å².